The lowest BCUT2D eigenvalue weighted by Crippen LogP contribution is -2.07. The topological polar surface area (TPSA) is 32.7 Å². The standard InChI is InChI=1S/C17H17FN2O/c1-20(2)16-9-7-15(8-10-16)19-12-11-17(21)13-3-5-14(18)6-4-13/h3-10,12H,11H2,1-2H3. The van der Waals surface area contributed by atoms with Gasteiger partial charge < -0.3 is 4.90 Å². The fraction of sp³-hybridized carbons (Fsp3) is 0.176. The fourth-order valence-corrected chi connectivity index (χ4v) is 1.82. The van der Waals surface area contributed by atoms with E-state index in [0.29, 0.717) is 5.56 Å². The molecule has 0 aliphatic heterocycles. The first kappa shape index (κ1) is 14.9. The number of nitrogens with zero attached hydrogens (tertiary/aromatic N) is 2. The SMILES string of the molecule is CN(C)c1ccc(N=CCC(=O)c2ccc(F)cc2)cc1. The Balaban J connectivity index is 1.95. The molecule has 0 saturated carbocycles. The third-order valence-electron chi connectivity index (χ3n) is 3.05. The van der Waals surface area contributed by atoms with Gasteiger partial charge in [0.15, 0.2) is 5.78 Å². The van der Waals surface area contributed by atoms with Crippen molar-refractivity contribution in [1.29, 1.82) is 0 Å². The molecule has 108 valence electrons. The van der Waals surface area contributed by atoms with Crippen LogP contribution in [0.1, 0.15) is 16.8 Å². The zero-order chi connectivity index (χ0) is 15.2. The number of Topliss-reactive ketones (excluding diaryl/α,β-unsaturated/α-hetero) is 1. The molecule has 2 aromatic rings. The van der Waals surface area contributed by atoms with E-state index in [2.05, 4.69) is 4.99 Å². The number of anilines is 1. The van der Waals surface area contributed by atoms with Crippen molar-refractivity contribution >= 4 is 23.4 Å². The van der Waals surface area contributed by atoms with E-state index in [4.69, 9.17) is 0 Å². The van der Waals surface area contributed by atoms with Gasteiger partial charge in [-0.1, -0.05) is 0 Å². The molecule has 0 atom stereocenters. The van der Waals surface area contributed by atoms with E-state index in [9.17, 15) is 9.18 Å². The second-order valence-corrected chi connectivity index (χ2v) is 4.86. The van der Waals surface area contributed by atoms with Gasteiger partial charge in [0, 0.05) is 38.0 Å². The summed E-state index contributed by atoms with van der Waals surface area (Å²) in [6.07, 6.45) is 1.78. The average molecular weight is 284 g/mol. The Bertz CT molecular complexity index is 631. The number of benzene rings is 2. The van der Waals surface area contributed by atoms with Crippen LogP contribution in [0.25, 0.3) is 0 Å². The van der Waals surface area contributed by atoms with Gasteiger partial charge in [0.05, 0.1) is 5.69 Å². The van der Waals surface area contributed by atoms with Crippen LogP contribution in [0.15, 0.2) is 53.5 Å². The van der Waals surface area contributed by atoms with Crippen LogP contribution in [0.5, 0.6) is 0 Å². The predicted octanol–water partition coefficient (Wildman–Crippen LogP) is 3.87. The Kier molecular flexibility index (Phi) is 4.82. The lowest BCUT2D eigenvalue weighted by molar-refractivity contribution is 0.100. The Morgan fingerprint density at radius 2 is 1.71 bits per heavy atom. The van der Waals surface area contributed by atoms with Gasteiger partial charge in [-0.15, -0.1) is 0 Å². The third kappa shape index (κ3) is 4.24. The molecule has 4 heteroatoms. The maximum atomic E-state index is 12.8. The van der Waals surface area contributed by atoms with Crippen molar-refractivity contribution in [3.8, 4) is 0 Å². The van der Waals surface area contributed by atoms with Gasteiger partial charge in [-0.2, -0.15) is 0 Å². The summed E-state index contributed by atoms with van der Waals surface area (Å²) in [5.41, 5.74) is 2.38. The van der Waals surface area contributed by atoms with Crippen LogP contribution in [0.2, 0.25) is 0 Å². The second kappa shape index (κ2) is 6.79. The summed E-state index contributed by atoms with van der Waals surface area (Å²) in [6, 6.07) is 13.3. The molecule has 21 heavy (non-hydrogen) atoms. The molecule has 0 fully saturated rings. The summed E-state index contributed by atoms with van der Waals surface area (Å²) in [4.78, 5) is 18.1. The minimum atomic E-state index is -0.346. The summed E-state index contributed by atoms with van der Waals surface area (Å²) in [5, 5.41) is 0. The third-order valence-corrected chi connectivity index (χ3v) is 3.05. The van der Waals surface area contributed by atoms with E-state index in [1.165, 1.54) is 24.3 Å². The van der Waals surface area contributed by atoms with Gasteiger partial charge in [0.1, 0.15) is 5.82 Å². The summed E-state index contributed by atoms with van der Waals surface area (Å²) in [5.74, 6) is -0.426. The maximum Gasteiger partial charge on any atom is 0.168 e. The minimum Gasteiger partial charge on any atom is -0.378 e. The molecular formula is C17H17FN2O. The van der Waals surface area contributed by atoms with E-state index >= 15 is 0 Å². The Hall–Kier alpha value is -2.49. The number of carbonyl (C=O) groups is 1. The number of ketones is 1. The molecule has 0 aliphatic carbocycles. The molecule has 3 nitrogen and oxygen atoms in total. The summed E-state index contributed by atoms with van der Waals surface area (Å²) in [6.45, 7) is 0. The van der Waals surface area contributed by atoms with Gasteiger partial charge >= 0.3 is 0 Å². The first-order valence-corrected chi connectivity index (χ1v) is 6.65. The number of aliphatic imine (C=N–C) groups is 1. The van der Waals surface area contributed by atoms with Crippen LogP contribution >= 0.6 is 0 Å². The highest BCUT2D eigenvalue weighted by molar-refractivity contribution is 6.03. The van der Waals surface area contributed by atoms with E-state index in [-0.39, 0.29) is 18.0 Å². The second-order valence-electron chi connectivity index (χ2n) is 4.86. The molecule has 2 aromatic carbocycles. The summed E-state index contributed by atoms with van der Waals surface area (Å²) in [7, 11) is 3.94. The number of hydrogen-bond donors (Lipinski definition) is 0. The first-order valence-electron chi connectivity index (χ1n) is 6.65. The van der Waals surface area contributed by atoms with Crippen LogP contribution in [-0.2, 0) is 0 Å². The lowest BCUT2D eigenvalue weighted by atomic mass is 10.1. The number of halogens is 1. The van der Waals surface area contributed by atoms with Crippen LogP contribution in [0.4, 0.5) is 15.8 Å². The predicted molar refractivity (Wildman–Crippen MR) is 84.3 cm³/mol. The average Bonchev–Trinajstić information content (AvgIpc) is 2.48. The van der Waals surface area contributed by atoms with E-state index in [1.54, 1.807) is 6.21 Å². The zero-order valence-electron chi connectivity index (χ0n) is 12.1. The molecule has 0 aromatic heterocycles. The van der Waals surface area contributed by atoms with Crippen LogP contribution in [0, 0.1) is 5.82 Å². The molecule has 0 heterocycles. The molecule has 0 spiro atoms. The van der Waals surface area contributed by atoms with Crippen LogP contribution in [0.3, 0.4) is 0 Å². The molecule has 0 bridgehead atoms. The Morgan fingerprint density at radius 1 is 1.10 bits per heavy atom. The van der Waals surface area contributed by atoms with Crippen molar-refractivity contribution in [1.82, 2.24) is 0 Å². The van der Waals surface area contributed by atoms with E-state index < -0.39 is 0 Å². The van der Waals surface area contributed by atoms with Gasteiger partial charge in [-0.25, -0.2) is 4.39 Å². The van der Waals surface area contributed by atoms with Crippen molar-refractivity contribution < 1.29 is 9.18 Å². The van der Waals surface area contributed by atoms with Crippen molar-refractivity contribution in [2.24, 2.45) is 4.99 Å². The van der Waals surface area contributed by atoms with Crippen molar-refractivity contribution in [3.05, 3.63) is 59.9 Å². The molecular weight excluding hydrogens is 267 g/mol. The number of hydrogen-bond acceptors (Lipinski definition) is 3. The molecule has 0 aliphatic rings. The molecule has 2 rings (SSSR count). The zero-order valence-corrected chi connectivity index (χ0v) is 12.1. The first-order chi connectivity index (χ1) is 10.1. The highest BCUT2D eigenvalue weighted by atomic mass is 19.1. The minimum absolute atomic E-state index is 0.0799. The molecule has 0 N–H and O–H groups in total. The van der Waals surface area contributed by atoms with E-state index in [0.717, 1.165) is 11.4 Å². The Labute approximate surface area is 123 Å². The Morgan fingerprint density at radius 3 is 2.29 bits per heavy atom. The fourth-order valence-electron chi connectivity index (χ4n) is 1.82. The normalized spacial score (nSPS) is 10.8. The van der Waals surface area contributed by atoms with E-state index in [1.807, 2.05) is 43.3 Å². The van der Waals surface area contributed by atoms with Gasteiger partial charge in [-0.3, -0.25) is 9.79 Å². The lowest BCUT2D eigenvalue weighted by Gasteiger charge is -2.11. The molecule has 0 radical (unpaired) electrons. The quantitative estimate of drug-likeness (QED) is 0.617. The molecule has 0 amide bonds. The smallest absolute Gasteiger partial charge is 0.168 e. The van der Waals surface area contributed by atoms with Gasteiger partial charge in [0.2, 0.25) is 0 Å². The highest BCUT2D eigenvalue weighted by Crippen LogP contribution is 2.17. The summed E-state index contributed by atoms with van der Waals surface area (Å²) < 4.78 is 12.8. The number of rotatable bonds is 5. The highest BCUT2D eigenvalue weighted by Gasteiger charge is 2.03. The monoisotopic (exact) mass is 284 g/mol. The van der Waals surface area contributed by atoms with Crippen molar-refractivity contribution in [2.75, 3.05) is 19.0 Å². The van der Waals surface area contributed by atoms with Crippen LogP contribution < -0.4 is 4.90 Å². The van der Waals surface area contributed by atoms with Crippen molar-refractivity contribution in [2.45, 2.75) is 6.42 Å². The number of carbonyl (C=O) groups excluding carboxylic acids is 1. The van der Waals surface area contributed by atoms with Gasteiger partial charge in [0.25, 0.3) is 0 Å². The summed E-state index contributed by atoms with van der Waals surface area (Å²) >= 11 is 0. The van der Waals surface area contributed by atoms with Gasteiger partial charge in [-0.05, 0) is 48.5 Å². The van der Waals surface area contributed by atoms with Crippen molar-refractivity contribution in [3.63, 3.8) is 0 Å². The van der Waals surface area contributed by atoms with Crippen LogP contribution in [-0.4, -0.2) is 26.1 Å². The largest absolute Gasteiger partial charge is 0.378 e. The maximum absolute atomic E-state index is 12.8. The molecule has 0 unspecified atom stereocenters. The molecule has 0 saturated heterocycles.